The summed E-state index contributed by atoms with van der Waals surface area (Å²) in [6.07, 6.45) is 4.88. The van der Waals surface area contributed by atoms with Gasteiger partial charge in [0.15, 0.2) is 0 Å². The van der Waals surface area contributed by atoms with Crippen molar-refractivity contribution in [3.05, 3.63) is 24.5 Å². The summed E-state index contributed by atoms with van der Waals surface area (Å²) >= 11 is 0. The zero-order valence-corrected chi connectivity index (χ0v) is 8.27. The van der Waals surface area contributed by atoms with Gasteiger partial charge in [-0.25, -0.2) is 5.43 Å². The summed E-state index contributed by atoms with van der Waals surface area (Å²) in [5.74, 6) is 0. The van der Waals surface area contributed by atoms with Gasteiger partial charge in [0.05, 0.1) is 18.0 Å². The Morgan fingerprint density at radius 3 is 2.93 bits per heavy atom. The predicted molar refractivity (Wildman–Crippen MR) is 55.5 cm³/mol. The number of rotatable bonds is 1. The van der Waals surface area contributed by atoms with Crippen molar-refractivity contribution in [2.24, 2.45) is 0 Å². The SMILES string of the molecule is CC#N.c1cncc(N2CCCN2)c1. The zero-order valence-electron chi connectivity index (χ0n) is 8.27. The largest absolute Gasteiger partial charge is 0.307 e. The molecule has 1 aliphatic rings. The average molecular weight is 190 g/mol. The van der Waals surface area contributed by atoms with E-state index in [9.17, 15) is 0 Å². The molecule has 0 saturated carbocycles. The van der Waals surface area contributed by atoms with Crippen LogP contribution >= 0.6 is 0 Å². The van der Waals surface area contributed by atoms with Crippen molar-refractivity contribution in [1.82, 2.24) is 10.4 Å². The normalized spacial score (nSPS) is 14.1. The lowest BCUT2D eigenvalue weighted by atomic mass is 10.4. The fourth-order valence-corrected chi connectivity index (χ4v) is 1.26. The molecule has 0 amide bonds. The van der Waals surface area contributed by atoms with Gasteiger partial charge in [-0.3, -0.25) is 4.98 Å². The van der Waals surface area contributed by atoms with Crippen molar-refractivity contribution in [2.45, 2.75) is 13.3 Å². The molecule has 1 aliphatic heterocycles. The molecule has 1 saturated heterocycles. The molecule has 1 fully saturated rings. The van der Waals surface area contributed by atoms with Crippen LogP contribution in [0.25, 0.3) is 0 Å². The molecule has 0 aliphatic carbocycles. The lowest BCUT2D eigenvalue weighted by molar-refractivity contribution is 0.785. The summed E-state index contributed by atoms with van der Waals surface area (Å²) < 4.78 is 0. The van der Waals surface area contributed by atoms with Gasteiger partial charge in [-0.1, -0.05) is 0 Å². The van der Waals surface area contributed by atoms with Gasteiger partial charge in [-0.05, 0) is 18.6 Å². The standard InChI is InChI=1S/C8H11N3.C2H3N/c1-3-8(7-9-4-1)11-6-2-5-10-11;1-2-3/h1,3-4,7,10H,2,5-6H2;1H3. The lowest BCUT2D eigenvalue weighted by Crippen LogP contribution is -2.30. The minimum atomic E-state index is 1.08. The third kappa shape index (κ3) is 3.04. The van der Waals surface area contributed by atoms with Crippen molar-refractivity contribution in [3.63, 3.8) is 0 Å². The van der Waals surface area contributed by atoms with E-state index in [0.29, 0.717) is 0 Å². The Bertz CT molecular complexity index is 285. The molecule has 0 spiro atoms. The van der Waals surface area contributed by atoms with Gasteiger partial charge in [0, 0.05) is 26.2 Å². The van der Waals surface area contributed by atoms with Gasteiger partial charge in [0.1, 0.15) is 0 Å². The van der Waals surface area contributed by atoms with E-state index < -0.39 is 0 Å². The van der Waals surface area contributed by atoms with Crippen molar-refractivity contribution in [1.29, 1.82) is 5.26 Å². The molecule has 0 aromatic carbocycles. The highest BCUT2D eigenvalue weighted by atomic mass is 15.5. The van der Waals surface area contributed by atoms with E-state index in [1.54, 1.807) is 12.3 Å². The van der Waals surface area contributed by atoms with E-state index in [4.69, 9.17) is 5.26 Å². The average Bonchev–Trinajstić information content (AvgIpc) is 2.73. The molecule has 0 unspecified atom stereocenters. The molecule has 1 N–H and O–H groups in total. The number of hydrogen-bond acceptors (Lipinski definition) is 4. The number of hydrazine groups is 1. The molecule has 4 heteroatoms. The van der Waals surface area contributed by atoms with Gasteiger partial charge >= 0.3 is 0 Å². The van der Waals surface area contributed by atoms with Crippen molar-refractivity contribution in [3.8, 4) is 6.07 Å². The number of anilines is 1. The van der Waals surface area contributed by atoms with Gasteiger partial charge in [0.2, 0.25) is 0 Å². The lowest BCUT2D eigenvalue weighted by Gasteiger charge is -2.16. The highest BCUT2D eigenvalue weighted by molar-refractivity contribution is 5.42. The number of nitrogens with zero attached hydrogens (tertiary/aromatic N) is 3. The number of pyridine rings is 1. The van der Waals surface area contributed by atoms with E-state index in [1.165, 1.54) is 13.3 Å². The summed E-state index contributed by atoms with van der Waals surface area (Å²) in [5, 5.41) is 9.45. The van der Waals surface area contributed by atoms with Crippen molar-refractivity contribution in [2.75, 3.05) is 18.1 Å². The molecule has 14 heavy (non-hydrogen) atoms. The van der Waals surface area contributed by atoms with Crippen LogP contribution in [0.15, 0.2) is 24.5 Å². The van der Waals surface area contributed by atoms with Crippen LogP contribution in [0.1, 0.15) is 13.3 Å². The second-order valence-corrected chi connectivity index (χ2v) is 2.85. The number of nitriles is 1. The molecule has 0 atom stereocenters. The first-order chi connectivity index (χ1) is 6.88. The summed E-state index contributed by atoms with van der Waals surface area (Å²) in [4.78, 5) is 4.05. The number of aromatic nitrogens is 1. The first-order valence-corrected chi connectivity index (χ1v) is 4.60. The second kappa shape index (κ2) is 5.95. The Morgan fingerprint density at radius 1 is 1.64 bits per heavy atom. The van der Waals surface area contributed by atoms with Crippen LogP contribution in [0.2, 0.25) is 0 Å². The van der Waals surface area contributed by atoms with Crippen LogP contribution in [0.3, 0.4) is 0 Å². The van der Waals surface area contributed by atoms with E-state index in [1.807, 2.05) is 12.3 Å². The Morgan fingerprint density at radius 2 is 2.43 bits per heavy atom. The maximum Gasteiger partial charge on any atom is 0.0702 e. The molecular weight excluding hydrogens is 176 g/mol. The quantitative estimate of drug-likeness (QED) is 0.725. The summed E-state index contributed by atoms with van der Waals surface area (Å²) in [7, 11) is 0. The van der Waals surface area contributed by atoms with Crippen molar-refractivity contribution < 1.29 is 0 Å². The zero-order chi connectivity index (χ0) is 10.2. The summed E-state index contributed by atoms with van der Waals surface area (Å²) in [5.41, 5.74) is 4.42. The minimum Gasteiger partial charge on any atom is -0.307 e. The summed E-state index contributed by atoms with van der Waals surface area (Å²) in [6, 6.07) is 5.76. The minimum absolute atomic E-state index is 1.08. The van der Waals surface area contributed by atoms with Crippen LogP contribution in [-0.2, 0) is 0 Å². The van der Waals surface area contributed by atoms with Gasteiger partial charge in [0.25, 0.3) is 0 Å². The highest BCUT2D eigenvalue weighted by Crippen LogP contribution is 2.11. The second-order valence-electron chi connectivity index (χ2n) is 2.85. The van der Waals surface area contributed by atoms with Crippen LogP contribution < -0.4 is 10.4 Å². The first kappa shape index (κ1) is 10.5. The monoisotopic (exact) mass is 190 g/mol. The van der Waals surface area contributed by atoms with E-state index in [-0.39, 0.29) is 0 Å². The number of nitrogens with one attached hydrogen (secondary N) is 1. The Hall–Kier alpha value is -1.60. The maximum absolute atomic E-state index is 7.32. The van der Waals surface area contributed by atoms with Crippen LogP contribution in [-0.4, -0.2) is 18.1 Å². The predicted octanol–water partition coefficient (Wildman–Crippen LogP) is 1.33. The van der Waals surface area contributed by atoms with Gasteiger partial charge < -0.3 is 5.01 Å². The van der Waals surface area contributed by atoms with E-state index >= 15 is 0 Å². The maximum atomic E-state index is 7.32. The number of hydrogen-bond donors (Lipinski definition) is 1. The van der Waals surface area contributed by atoms with Crippen LogP contribution in [0, 0.1) is 11.3 Å². The third-order valence-corrected chi connectivity index (χ3v) is 1.82. The van der Waals surface area contributed by atoms with Crippen molar-refractivity contribution >= 4 is 5.69 Å². The summed E-state index contributed by atoms with van der Waals surface area (Å²) in [6.45, 7) is 3.60. The molecule has 1 aromatic rings. The van der Waals surface area contributed by atoms with Crippen LogP contribution in [0.5, 0.6) is 0 Å². The highest BCUT2D eigenvalue weighted by Gasteiger charge is 2.10. The van der Waals surface area contributed by atoms with E-state index in [2.05, 4.69) is 21.5 Å². The molecule has 0 bridgehead atoms. The van der Waals surface area contributed by atoms with Crippen LogP contribution in [0.4, 0.5) is 5.69 Å². The topological polar surface area (TPSA) is 52.0 Å². The Balaban J connectivity index is 0.000000293. The van der Waals surface area contributed by atoms with Gasteiger partial charge in [-0.2, -0.15) is 5.26 Å². The molecule has 2 heterocycles. The van der Waals surface area contributed by atoms with E-state index in [0.717, 1.165) is 18.8 Å². The molecule has 4 nitrogen and oxygen atoms in total. The smallest absolute Gasteiger partial charge is 0.0702 e. The Labute approximate surface area is 84.1 Å². The Kier molecular flexibility index (Phi) is 4.45. The molecule has 0 radical (unpaired) electrons. The molecular formula is C10H14N4. The first-order valence-electron chi connectivity index (χ1n) is 4.60. The van der Waals surface area contributed by atoms with Gasteiger partial charge in [-0.15, -0.1) is 0 Å². The molecule has 74 valence electrons. The fraction of sp³-hybridized carbons (Fsp3) is 0.400. The third-order valence-electron chi connectivity index (χ3n) is 1.82. The fourth-order valence-electron chi connectivity index (χ4n) is 1.26. The molecule has 2 rings (SSSR count). The molecule has 1 aromatic heterocycles.